The zero-order valence-corrected chi connectivity index (χ0v) is 22.2. The summed E-state index contributed by atoms with van der Waals surface area (Å²) >= 11 is 0. The summed E-state index contributed by atoms with van der Waals surface area (Å²) in [5.41, 5.74) is 0.779. The standard InChI is InChI=1S/C28H30O14/c1-11-20(29)23(32)25(34)27(40-11)37-9-19-22(31)24(33)26(35)28(42-19)41-13-3-4-14-17(7-13)36-8-15(21(14)30)12-2-5-16-18(6-12)39-10-38-16/h2-8,11,19-20,22-29,31-35H,9-10H2,1H3/t11-,19+,20+,22-,23-,24-,25-,26-,27+,28+/m0/s1. The van der Waals surface area contributed by atoms with Crippen molar-refractivity contribution < 1.29 is 63.5 Å². The minimum absolute atomic E-state index is 0.101. The van der Waals surface area contributed by atoms with E-state index in [-0.39, 0.29) is 28.9 Å². The number of aliphatic hydroxyl groups excluding tert-OH is 6. The lowest BCUT2D eigenvalue weighted by Gasteiger charge is -2.42. The molecule has 6 rings (SSSR count). The van der Waals surface area contributed by atoms with E-state index in [9.17, 15) is 35.4 Å². The molecule has 0 bridgehead atoms. The van der Waals surface area contributed by atoms with Gasteiger partial charge in [-0.25, -0.2) is 0 Å². The van der Waals surface area contributed by atoms with Crippen molar-refractivity contribution in [2.45, 2.75) is 68.3 Å². The summed E-state index contributed by atoms with van der Waals surface area (Å²) in [6.07, 6.45) is -13.0. The van der Waals surface area contributed by atoms with Crippen molar-refractivity contribution >= 4 is 11.0 Å². The summed E-state index contributed by atoms with van der Waals surface area (Å²) in [6.45, 7) is 1.15. The van der Waals surface area contributed by atoms with Gasteiger partial charge in [0.1, 0.15) is 60.3 Å². The molecule has 2 aromatic carbocycles. The normalized spacial score (nSPS) is 34.5. The Balaban J connectivity index is 1.16. The van der Waals surface area contributed by atoms with Gasteiger partial charge in [-0.05, 0) is 36.8 Å². The molecule has 0 spiro atoms. The number of fused-ring (bicyclic) bond motifs is 2. The van der Waals surface area contributed by atoms with E-state index in [2.05, 4.69) is 0 Å². The SMILES string of the molecule is C[C@@H]1O[C@@H](OC[C@H]2O[C@@H](Oc3ccc4c(=O)c(-c5ccc6c(c5)OCO6)coc4c3)[C@@H](O)[C@@H](O)[C@H]2O)[C@@H](O)[C@@H](O)[C@@H]1O. The summed E-state index contributed by atoms with van der Waals surface area (Å²) in [7, 11) is 0. The second-order valence-electron chi connectivity index (χ2n) is 10.4. The highest BCUT2D eigenvalue weighted by atomic mass is 16.7. The van der Waals surface area contributed by atoms with E-state index in [1.54, 1.807) is 18.2 Å². The van der Waals surface area contributed by atoms with Crippen LogP contribution < -0.4 is 19.6 Å². The summed E-state index contributed by atoms with van der Waals surface area (Å²) in [4.78, 5) is 13.2. The monoisotopic (exact) mass is 590 g/mol. The van der Waals surface area contributed by atoms with Gasteiger partial charge in [-0.15, -0.1) is 0 Å². The molecule has 2 saturated heterocycles. The van der Waals surface area contributed by atoms with Gasteiger partial charge < -0.3 is 63.5 Å². The molecule has 0 unspecified atom stereocenters. The molecular weight excluding hydrogens is 560 g/mol. The molecule has 1 aromatic heterocycles. The first-order valence-electron chi connectivity index (χ1n) is 13.3. The fraction of sp³-hybridized carbons (Fsp3) is 0.464. The first kappa shape index (κ1) is 28.8. The quantitative estimate of drug-likeness (QED) is 0.208. The number of aliphatic hydroxyl groups is 6. The third-order valence-electron chi connectivity index (χ3n) is 7.58. The lowest BCUT2D eigenvalue weighted by atomic mass is 9.98. The third kappa shape index (κ3) is 5.21. The van der Waals surface area contributed by atoms with Crippen LogP contribution in [0.1, 0.15) is 6.92 Å². The van der Waals surface area contributed by atoms with Gasteiger partial charge in [0.05, 0.1) is 23.7 Å². The van der Waals surface area contributed by atoms with Crippen LogP contribution in [0.2, 0.25) is 0 Å². The first-order chi connectivity index (χ1) is 20.1. The van der Waals surface area contributed by atoms with E-state index in [4.69, 9.17) is 32.8 Å². The maximum atomic E-state index is 13.2. The Kier molecular flexibility index (Phi) is 7.82. The highest BCUT2D eigenvalue weighted by Gasteiger charge is 2.47. The zero-order chi connectivity index (χ0) is 29.7. The second kappa shape index (κ2) is 11.4. The van der Waals surface area contributed by atoms with Crippen LogP contribution in [0.4, 0.5) is 0 Å². The van der Waals surface area contributed by atoms with Crippen molar-refractivity contribution in [3.63, 3.8) is 0 Å². The molecule has 226 valence electrons. The molecule has 42 heavy (non-hydrogen) atoms. The van der Waals surface area contributed by atoms with Crippen LogP contribution >= 0.6 is 0 Å². The van der Waals surface area contributed by atoms with Crippen molar-refractivity contribution in [3.05, 3.63) is 52.9 Å². The van der Waals surface area contributed by atoms with Crippen molar-refractivity contribution in [1.29, 1.82) is 0 Å². The highest BCUT2D eigenvalue weighted by molar-refractivity contribution is 5.83. The van der Waals surface area contributed by atoms with Crippen LogP contribution in [0.15, 0.2) is 51.9 Å². The number of hydrogen-bond donors (Lipinski definition) is 6. The van der Waals surface area contributed by atoms with Gasteiger partial charge >= 0.3 is 0 Å². The van der Waals surface area contributed by atoms with Crippen molar-refractivity contribution in [2.24, 2.45) is 0 Å². The predicted octanol–water partition coefficient (Wildman–Crippen LogP) is -0.781. The minimum atomic E-state index is -1.69. The Morgan fingerprint density at radius 3 is 2.36 bits per heavy atom. The average molecular weight is 591 g/mol. The molecular formula is C28H30O14. The number of benzene rings is 2. The number of ether oxygens (including phenoxy) is 6. The van der Waals surface area contributed by atoms with Crippen molar-refractivity contribution in [1.82, 2.24) is 0 Å². The Hall–Kier alpha value is -3.31. The van der Waals surface area contributed by atoms with E-state index in [1.165, 1.54) is 31.4 Å². The molecule has 4 heterocycles. The topological polar surface area (TPSA) is 207 Å². The van der Waals surface area contributed by atoms with Crippen LogP contribution in [-0.4, -0.2) is 105 Å². The maximum Gasteiger partial charge on any atom is 0.231 e. The summed E-state index contributed by atoms with van der Waals surface area (Å²) < 4.78 is 38.7. The molecule has 3 aliphatic heterocycles. The molecule has 0 amide bonds. The molecule has 0 radical (unpaired) electrons. The van der Waals surface area contributed by atoms with Crippen LogP contribution in [-0.2, 0) is 14.2 Å². The molecule has 10 atom stereocenters. The van der Waals surface area contributed by atoms with Gasteiger partial charge in [0, 0.05) is 6.07 Å². The van der Waals surface area contributed by atoms with Gasteiger partial charge in [0.25, 0.3) is 0 Å². The molecule has 14 heteroatoms. The lowest BCUT2D eigenvalue weighted by Crippen LogP contribution is -2.61. The van der Waals surface area contributed by atoms with Crippen LogP contribution in [0.3, 0.4) is 0 Å². The first-order valence-corrected chi connectivity index (χ1v) is 13.3. The second-order valence-corrected chi connectivity index (χ2v) is 10.4. The highest BCUT2D eigenvalue weighted by Crippen LogP contribution is 2.36. The third-order valence-corrected chi connectivity index (χ3v) is 7.58. The Morgan fingerprint density at radius 1 is 0.810 bits per heavy atom. The summed E-state index contributed by atoms with van der Waals surface area (Å²) in [5.74, 6) is 1.23. The van der Waals surface area contributed by atoms with Gasteiger partial charge in [0.2, 0.25) is 13.1 Å². The number of rotatable bonds is 6. The van der Waals surface area contributed by atoms with Gasteiger partial charge in [-0.1, -0.05) is 6.07 Å². The van der Waals surface area contributed by atoms with Crippen LogP contribution in [0, 0.1) is 0 Å². The van der Waals surface area contributed by atoms with E-state index in [1.807, 2.05) is 0 Å². The van der Waals surface area contributed by atoms with Crippen LogP contribution in [0.5, 0.6) is 17.2 Å². The summed E-state index contributed by atoms with van der Waals surface area (Å²) in [6, 6.07) is 9.47. The van der Waals surface area contributed by atoms with E-state index in [0.29, 0.717) is 22.6 Å². The Labute approximate surface area is 237 Å². The van der Waals surface area contributed by atoms with Gasteiger partial charge in [0.15, 0.2) is 23.2 Å². The Bertz CT molecular complexity index is 1490. The largest absolute Gasteiger partial charge is 0.463 e. The van der Waals surface area contributed by atoms with E-state index < -0.39 is 68.0 Å². The molecule has 14 nitrogen and oxygen atoms in total. The van der Waals surface area contributed by atoms with Gasteiger partial charge in [-0.3, -0.25) is 4.79 Å². The molecule has 0 saturated carbocycles. The summed E-state index contributed by atoms with van der Waals surface area (Å²) in [5, 5.41) is 61.7. The molecule has 3 aliphatic rings. The minimum Gasteiger partial charge on any atom is -0.463 e. The zero-order valence-electron chi connectivity index (χ0n) is 22.2. The number of hydrogen-bond acceptors (Lipinski definition) is 14. The lowest BCUT2D eigenvalue weighted by molar-refractivity contribution is -0.318. The van der Waals surface area contributed by atoms with Gasteiger partial charge in [-0.2, -0.15) is 0 Å². The van der Waals surface area contributed by atoms with Crippen molar-refractivity contribution in [2.75, 3.05) is 13.4 Å². The molecule has 0 aliphatic carbocycles. The molecule has 3 aromatic rings. The fourth-order valence-corrected chi connectivity index (χ4v) is 5.07. The predicted molar refractivity (Wildman–Crippen MR) is 140 cm³/mol. The van der Waals surface area contributed by atoms with E-state index >= 15 is 0 Å². The average Bonchev–Trinajstić information content (AvgIpc) is 3.46. The Morgan fingerprint density at radius 2 is 1.55 bits per heavy atom. The van der Waals surface area contributed by atoms with E-state index in [0.717, 1.165) is 0 Å². The molecule has 2 fully saturated rings. The maximum absolute atomic E-state index is 13.2. The smallest absolute Gasteiger partial charge is 0.231 e. The molecule has 6 N–H and O–H groups in total. The fourth-order valence-electron chi connectivity index (χ4n) is 5.07. The van der Waals surface area contributed by atoms with Crippen molar-refractivity contribution in [3.8, 4) is 28.4 Å². The van der Waals surface area contributed by atoms with Crippen LogP contribution in [0.25, 0.3) is 22.1 Å².